The molecule has 7 rings (SSSR count). The maximum atomic E-state index is 13.5. The first-order chi connectivity index (χ1) is 29.6. The van der Waals surface area contributed by atoms with Gasteiger partial charge in [-0.05, 0) is 87.9 Å². The first-order valence-corrected chi connectivity index (χ1v) is 20.7. The normalized spacial score (nSPS) is 17.4. The predicted molar refractivity (Wildman–Crippen MR) is 224 cm³/mol. The van der Waals surface area contributed by atoms with Crippen LogP contribution in [0.25, 0.3) is 10.9 Å². The molecule has 3 aromatic carbocycles. The van der Waals surface area contributed by atoms with Gasteiger partial charge in [0.05, 0.1) is 40.8 Å². The fourth-order valence-electron chi connectivity index (χ4n) is 7.87. The average molecular weight is 859 g/mol. The van der Waals surface area contributed by atoms with Gasteiger partial charge in [-0.3, -0.25) is 34.2 Å². The highest BCUT2D eigenvalue weighted by molar-refractivity contribution is 6.25. The number of alkyl halides is 3. The van der Waals surface area contributed by atoms with Crippen molar-refractivity contribution in [2.24, 2.45) is 5.41 Å². The summed E-state index contributed by atoms with van der Waals surface area (Å²) in [6.45, 7) is 4.61. The number of imide groups is 2. The van der Waals surface area contributed by atoms with Crippen molar-refractivity contribution in [3.8, 4) is 11.5 Å². The Bertz CT molecular complexity index is 2420. The van der Waals surface area contributed by atoms with Crippen molar-refractivity contribution in [2.75, 3.05) is 43.2 Å². The number of nitrogens with zero attached hydrogens (tertiary/aromatic N) is 3. The van der Waals surface area contributed by atoms with E-state index in [1.54, 1.807) is 44.2 Å². The maximum Gasteiger partial charge on any atom is 0.416 e. The molecule has 1 saturated heterocycles. The molecule has 1 saturated carbocycles. The Kier molecular flexibility index (Phi) is 12.6. The van der Waals surface area contributed by atoms with E-state index in [9.17, 15) is 37.1 Å². The zero-order valence-electron chi connectivity index (χ0n) is 34.7. The fraction of sp³-hybridized carbons (Fsp3) is 0.432. The molecule has 3 heterocycles. The minimum atomic E-state index is -4.56. The number of piperidine rings is 1. The van der Waals surface area contributed by atoms with Gasteiger partial charge in [-0.1, -0.05) is 25.3 Å². The molecule has 2 atom stereocenters. The Morgan fingerprint density at radius 1 is 0.984 bits per heavy atom. The summed E-state index contributed by atoms with van der Waals surface area (Å²) >= 11 is 0. The molecule has 0 bridgehead atoms. The van der Waals surface area contributed by atoms with Crippen LogP contribution >= 0.6 is 0 Å². The molecule has 18 heteroatoms. The van der Waals surface area contributed by atoms with Gasteiger partial charge >= 0.3 is 6.18 Å². The van der Waals surface area contributed by atoms with Crippen molar-refractivity contribution in [3.63, 3.8) is 0 Å². The van der Waals surface area contributed by atoms with Crippen LogP contribution in [0.1, 0.15) is 108 Å². The quantitative estimate of drug-likeness (QED) is 0.0415. The first kappa shape index (κ1) is 43.6. The number of carbonyl (C=O) groups excluding carboxylic acids is 5. The van der Waals surface area contributed by atoms with Crippen molar-refractivity contribution in [1.29, 1.82) is 0 Å². The molecule has 328 valence electrons. The molecule has 1 aromatic heterocycles. The third-order valence-electron chi connectivity index (χ3n) is 11.5. The molecule has 5 amide bonds. The topological polar surface area (TPSA) is 207 Å². The largest absolute Gasteiger partial charge is 0.493 e. The minimum absolute atomic E-state index is 0.00939. The number of anilines is 3. The number of rotatable bonds is 18. The van der Waals surface area contributed by atoms with Crippen molar-refractivity contribution in [1.82, 2.24) is 25.5 Å². The number of nitrogen functional groups attached to an aromatic ring is 1. The van der Waals surface area contributed by atoms with Crippen LogP contribution in [0, 0.1) is 12.3 Å². The highest BCUT2D eigenvalue weighted by Crippen LogP contribution is 2.47. The molecule has 2 fully saturated rings. The van der Waals surface area contributed by atoms with E-state index in [1.807, 2.05) is 0 Å². The molecular weight excluding hydrogens is 810 g/mol. The number of nitrogens with one attached hydrogen (secondary N) is 4. The summed E-state index contributed by atoms with van der Waals surface area (Å²) in [6, 6.07) is 10.2. The van der Waals surface area contributed by atoms with Gasteiger partial charge in [0, 0.05) is 42.3 Å². The first-order valence-electron chi connectivity index (χ1n) is 20.7. The second-order valence-electron chi connectivity index (χ2n) is 16.1. The molecular formula is C44H49F3N8O7. The number of ether oxygens (including phenoxy) is 2. The number of fused-ring (bicyclic) bond motifs is 2. The summed E-state index contributed by atoms with van der Waals surface area (Å²) in [5, 5.41) is 12.3. The second-order valence-corrected chi connectivity index (χ2v) is 16.1. The lowest BCUT2D eigenvalue weighted by molar-refractivity contribution is -0.138. The van der Waals surface area contributed by atoms with E-state index >= 15 is 0 Å². The number of hydrogen-bond donors (Lipinski definition) is 5. The van der Waals surface area contributed by atoms with E-state index in [1.165, 1.54) is 13.2 Å². The maximum absolute atomic E-state index is 13.5. The van der Waals surface area contributed by atoms with Crippen LogP contribution in [0.4, 0.5) is 30.4 Å². The Morgan fingerprint density at radius 3 is 2.44 bits per heavy atom. The Labute approximate surface area is 355 Å². The van der Waals surface area contributed by atoms with Crippen molar-refractivity contribution in [3.05, 3.63) is 76.6 Å². The Morgan fingerprint density at radius 2 is 1.73 bits per heavy atom. The highest BCUT2D eigenvalue weighted by Gasteiger charge is 2.51. The second kappa shape index (κ2) is 17.9. The summed E-state index contributed by atoms with van der Waals surface area (Å²) in [7, 11) is 1.50. The fourth-order valence-corrected chi connectivity index (χ4v) is 7.87. The Balaban J connectivity index is 0.866. The number of nitrogens with two attached hydrogens (primary N) is 1. The number of benzene rings is 3. The van der Waals surface area contributed by atoms with Crippen LogP contribution in [0.2, 0.25) is 0 Å². The summed E-state index contributed by atoms with van der Waals surface area (Å²) in [4.78, 5) is 73.8. The van der Waals surface area contributed by atoms with E-state index in [4.69, 9.17) is 15.2 Å². The molecule has 6 N–H and O–H groups in total. The van der Waals surface area contributed by atoms with Crippen molar-refractivity contribution in [2.45, 2.75) is 89.9 Å². The van der Waals surface area contributed by atoms with Gasteiger partial charge < -0.3 is 31.2 Å². The van der Waals surface area contributed by atoms with Gasteiger partial charge in [0.2, 0.25) is 17.7 Å². The molecule has 15 nitrogen and oxygen atoms in total. The minimum Gasteiger partial charge on any atom is -0.493 e. The van der Waals surface area contributed by atoms with Gasteiger partial charge in [-0.15, -0.1) is 0 Å². The standard InChI is InChI=1S/C44H49F3N8O7/c1-24(26-18-27(44(45,46)47)20-28(48)19-26)51-38-30-21-35(34(61-3)22-32(30)52-25(2)53-38)62-23-43(14-15-43)42(60)50-17-8-6-4-5-7-16-49-31-11-9-10-29-37(31)41(59)55(40(29)58)33-12-13-36(56)54-39(33)57/h9-11,18-22,24,33,49H,4-8,12-17,23,48H2,1-3H3,(H,50,60)(H,51,52,53)(H,54,56,57)/t24-,33?/m1/s1. The van der Waals surface area contributed by atoms with E-state index in [-0.39, 0.29) is 42.2 Å². The van der Waals surface area contributed by atoms with Gasteiger partial charge in [0.1, 0.15) is 24.3 Å². The summed E-state index contributed by atoms with van der Waals surface area (Å²) < 4.78 is 52.4. The van der Waals surface area contributed by atoms with Crippen LogP contribution in [-0.2, 0) is 20.6 Å². The highest BCUT2D eigenvalue weighted by atomic mass is 19.4. The predicted octanol–water partition coefficient (Wildman–Crippen LogP) is 6.46. The smallest absolute Gasteiger partial charge is 0.416 e. The van der Waals surface area contributed by atoms with Crippen LogP contribution in [-0.4, -0.2) is 77.3 Å². The van der Waals surface area contributed by atoms with Crippen molar-refractivity contribution < 1.29 is 46.6 Å². The zero-order valence-corrected chi connectivity index (χ0v) is 34.7. The number of amides is 5. The zero-order chi connectivity index (χ0) is 44.3. The summed E-state index contributed by atoms with van der Waals surface area (Å²) in [6.07, 6.45) is 1.22. The molecule has 1 aliphatic carbocycles. The van der Waals surface area contributed by atoms with Gasteiger partial charge in [0.25, 0.3) is 11.8 Å². The molecule has 3 aliphatic rings. The molecule has 4 aromatic rings. The third-order valence-corrected chi connectivity index (χ3v) is 11.5. The summed E-state index contributed by atoms with van der Waals surface area (Å²) in [5.74, 6) is -0.677. The molecule has 62 heavy (non-hydrogen) atoms. The van der Waals surface area contributed by atoms with Crippen LogP contribution in [0.3, 0.4) is 0 Å². The average Bonchev–Trinajstić information content (AvgIpc) is 3.98. The van der Waals surface area contributed by atoms with Crippen LogP contribution in [0.15, 0.2) is 48.5 Å². The lowest BCUT2D eigenvalue weighted by Crippen LogP contribution is -2.54. The lowest BCUT2D eigenvalue weighted by Gasteiger charge is -2.27. The number of aromatic nitrogens is 2. The van der Waals surface area contributed by atoms with E-state index < -0.39 is 52.9 Å². The molecule has 2 aliphatic heterocycles. The number of aryl methyl sites for hydroxylation is 1. The van der Waals surface area contributed by atoms with Crippen LogP contribution in [0.5, 0.6) is 11.5 Å². The summed E-state index contributed by atoms with van der Waals surface area (Å²) in [5.41, 5.74) is 6.13. The number of halogens is 3. The van der Waals surface area contributed by atoms with Gasteiger partial charge in [-0.25, -0.2) is 9.97 Å². The van der Waals surface area contributed by atoms with Gasteiger partial charge in [-0.2, -0.15) is 13.2 Å². The van der Waals surface area contributed by atoms with Gasteiger partial charge in [0.15, 0.2) is 11.5 Å². The van der Waals surface area contributed by atoms with Crippen LogP contribution < -0.4 is 36.5 Å². The van der Waals surface area contributed by atoms with Crippen molar-refractivity contribution >= 4 is 57.6 Å². The lowest BCUT2D eigenvalue weighted by atomic mass is 10.0. The third kappa shape index (κ3) is 9.38. The monoisotopic (exact) mass is 858 g/mol. The molecule has 0 radical (unpaired) electrons. The number of methoxy groups -OCH3 is 1. The van der Waals surface area contributed by atoms with E-state index in [2.05, 4.69) is 31.2 Å². The molecule has 0 spiro atoms. The van der Waals surface area contributed by atoms with E-state index in [0.29, 0.717) is 71.2 Å². The number of unbranched alkanes of at least 4 members (excludes halogenated alkanes) is 4. The molecule has 1 unspecified atom stereocenters. The van der Waals surface area contributed by atoms with E-state index in [0.717, 1.165) is 49.1 Å². The SMILES string of the molecule is COc1cc2nc(C)nc(N[C@H](C)c3cc(N)cc(C(F)(F)F)c3)c2cc1OCC1(C(=O)NCCCCCCCNc2cccc3c2C(=O)N(C2CCC(=O)NC2=O)C3=O)CC1. The Hall–Kier alpha value is -6.46. The number of hydrogen-bond acceptors (Lipinski definition) is 12. The number of carbonyl (C=O) groups is 5.